The summed E-state index contributed by atoms with van der Waals surface area (Å²) in [7, 11) is -2.50. The highest BCUT2D eigenvalue weighted by molar-refractivity contribution is 7.89. The van der Waals surface area contributed by atoms with E-state index in [2.05, 4.69) is 0 Å². The van der Waals surface area contributed by atoms with Crippen molar-refractivity contribution in [2.75, 3.05) is 20.2 Å². The Morgan fingerprint density at radius 2 is 1.79 bits per heavy atom. The summed E-state index contributed by atoms with van der Waals surface area (Å²) in [4.78, 5) is 26.9. The number of halogens is 1. The molecule has 5 rings (SSSR count). The zero-order chi connectivity index (χ0) is 27.0. The largest absolute Gasteiger partial charge is 0.464 e. The molecule has 1 aliphatic rings. The van der Waals surface area contributed by atoms with E-state index in [1.165, 1.54) is 23.5 Å². The molecule has 0 spiro atoms. The number of benzene rings is 3. The second kappa shape index (κ2) is 10.3. The van der Waals surface area contributed by atoms with Crippen molar-refractivity contribution in [3.05, 3.63) is 105 Å². The normalized spacial score (nSPS) is 16.1. The second-order valence-corrected chi connectivity index (χ2v) is 11.5. The second-order valence-electron chi connectivity index (χ2n) is 9.11. The lowest BCUT2D eigenvalue weighted by molar-refractivity contribution is 0.0590. The molecule has 10 heteroatoms. The number of ether oxygens (including phenoxy) is 1. The van der Waals surface area contributed by atoms with Gasteiger partial charge < -0.3 is 14.4 Å². The lowest BCUT2D eigenvalue weighted by Crippen LogP contribution is -2.29. The molecule has 1 aromatic heterocycles. The molecule has 0 saturated carbocycles. The van der Waals surface area contributed by atoms with Crippen LogP contribution in [0.2, 0.25) is 5.02 Å². The van der Waals surface area contributed by atoms with Gasteiger partial charge in [0.05, 0.1) is 23.6 Å². The topological polar surface area (TPSA) is 106 Å². The Morgan fingerprint density at radius 3 is 2.42 bits per heavy atom. The maximum absolute atomic E-state index is 13.7. The number of methoxy groups -OCH3 is 1. The summed E-state index contributed by atoms with van der Waals surface area (Å²) in [5.74, 6) is -0.686. The predicted octanol–water partition coefficient (Wildman–Crippen LogP) is 3.78. The molecule has 1 atom stereocenters. The fraction of sp³-hybridized carbons (Fsp3) is 0.214. The first-order valence-corrected chi connectivity index (χ1v) is 13.8. The number of pyridine rings is 1. The molecule has 196 valence electrons. The van der Waals surface area contributed by atoms with Crippen LogP contribution in [0.4, 0.5) is 0 Å². The Labute approximate surface area is 224 Å². The van der Waals surface area contributed by atoms with Crippen LogP contribution in [0.3, 0.4) is 0 Å². The van der Waals surface area contributed by atoms with Crippen molar-refractivity contribution in [1.29, 1.82) is 0 Å². The summed E-state index contributed by atoms with van der Waals surface area (Å²) in [5, 5.41) is 10.5. The molecule has 4 aromatic rings. The lowest BCUT2D eigenvalue weighted by atomic mass is 9.99. The fourth-order valence-corrected chi connectivity index (χ4v) is 6.45. The predicted molar refractivity (Wildman–Crippen MR) is 145 cm³/mol. The lowest BCUT2D eigenvalue weighted by Gasteiger charge is -2.20. The highest BCUT2D eigenvalue weighted by atomic mass is 35.5. The van der Waals surface area contributed by atoms with Gasteiger partial charge in [-0.3, -0.25) is 4.79 Å². The van der Waals surface area contributed by atoms with E-state index >= 15 is 0 Å². The molecule has 3 aromatic carbocycles. The molecular formula is C28H25ClN2O6S. The average molecular weight is 553 g/mol. The molecule has 8 nitrogen and oxygen atoms in total. The van der Waals surface area contributed by atoms with Crippen LogP contribution in [0.15, 0.2) is 82.5 Å². The molecular weight excluding hydrogens is 528 g/mol. The van der Waals surface area contributed by atoms with Crippen LogP contribution < -0.4 is 5.43 Å². The number of aliphatic hydroxyl groups excluding tert-OH is 1. The van der Waals surface area contributed by atoms with Crippen LogP contribution in [-0.4, -0.2) is 54.7 Å². The van der Waals surface area contributed by atoms with Crippen LogP contribution >= 0.6 is 11.6 Å². The number of esters is 1. The van der Waals surface area contributed by atoms with Gasteiger partial charge in [0, 0.05) is 41.2 Å². The third-order valence-electron chi connectivity index (χ3n) is 6.69. The highest BCUT2D eigenvalue weighted by Gasteiger charge is 2.31. The van der Waals surface area contributed by atoms with E-state index in [0.717, 1.165) is 0 Å². The standard InChI is InChI=1S/C28H25ClN2O6S/c1-37-28(34)26-24(15-18-7-10-22(11-8-18)38(35,36)30-14-13-21(32)17-30)27(33)23-12-9-19(29)16-25(23)31(26)20-5-3-2-4-6-20/h2-12,16,21,32H,13-15,17H2,1H3. The number of sulfonamides is 1. The van der Waals surface area contributed by atoms with Crippen molar-refractivity contribution in [3.63, 3.8) is 0 Å². The molecule has 2 heterocycles. The molecule has 0 aliphatic carbocycles. The van der Waals surface area contributed by atoms with Gasteiger partial charge in [-0.2, -0.15) is 4.31 Å². The number of aromatic nitrogens is 1. The summed E-state index contributed by atoms with van der Waals surface area (Å²) in [6, 6.07) is 20.2. The average Bonchev–Trinajstić information content (AvgIpc) is 3.37. The minimum atomic E-state index is -3.75. The quantitative estimate of drug-likeness (QED) is 0.365. The van der Waals surface area contributed by atoms with E-state index in [1.54, 1.807) is 34.9 Å². The Hall–Kier alpha value is -3.50. The van der Waals surface area contributed by atoms with Gasteiger partial charge >= 0.3 is 5.97 Å². The third-order valence-corrected chi connectivity index (χ3v) is 8.80. The number of hydrogen-bond donors (Lipinski definition) is 1. The van der Waals surface area contributed by atoms with Crippen LogP contribution in [0.1, 0.15) is 28.0 Å². The first kappa shape index (κ1) is 26.1. The molecule has 1 unspecified atom stereocenters. The number of fused-ring (bicyclic) bond motifs is 1. The zero-order valence-electron chi connectivity index (χ0n) is 20.5. The minimum Gasteiger partial charge on any atom is -0.464 e. The molecule has 1 saturated heterocycles. The van der Waals surface area contributed by atoms with Gasteiger partial charge in [-0.05, 0) is 54.4 Å². The van der Waals surface area contributed by atoms with Gasteiger partial charge in [0.2, 0.25) is 10.0 Å². The van der Waals surface area contributed by atoms with Crippen LogP contribution in [0, 0.1) is 0 Å². The Balaban J connectivity index is 1.64. The number of para-hydroxylation sites is 1. The summed E-state index contributed by atoms with van der Waals surface area (Å²) in [6.45, 7) is 0.320. The van der Waals surface area contributed by atoms with E-state index in [-0.39, 0.29) is 41.1 Å². The van der Waals surface area contributed by atoms with Crippen molar-refractivity contribution >= 4 is 38.5 Å². The van der Waals surface area contributed by atoms with Crippen molar-refractivity contribution in [2.24, 2.45) is 0 Å². The Kier molecular flexibility index (Phi) is 7.11. The first-order chi connectivity index (χ1) is 18.2. The van der Waals surface area contributed by atoms with Gasteiger partial charge in [-0.1, -0.05) is 41.9 Å². The zero-order valence-corrected chi connectivity index (χ0v) is 22.1. The highest BCUT2D eigenvalue weighted by Crippen LogP contribution is 2.27. The summed E-state index contributed by atoms with van der Waals surface area (Å²) in [6.07, 6.45) is -0.207. The van der Waals surface area contributed by atoms with Gasteiger partial charge in [0.1, 0.15) is 5.69 Å². The molecule has 1 fully saturated rings. The molecule has 0 radical (unpaired) electrons. The van der Waals surface area contributed by atoms with Gasteiger partial charge in [-0.25, -0.2) is 13.2 Å². The van der Waals surface area contributed by atoms with E-state index in [4.69, 9.17) is 16.3 Å². The van der Waals surface area contributed by atoms with E-state index < -0.39 is 22.1 Å². The third kappa shape index (κ3) is 4.74. The van der Waals surface area contributed by atoms with E-state index in [0.29, 0.717) is 33.6 Å². The molecule has 38 heavy (non-hydrogen) atoms. The fourth-order valence-electron chi connectivity index (χ4n) is 4.79. The SMILES string of the molecule is COC(=O)c1c(Cc2ccc(S(=O)(=O)N3CCC(O)C3)cc2)c(=O)c2ccc(Cl)cc2n1-c1ccccc1. The van der Waals surface area contributed by atoms with Crippen molar-refractivity contribution in [3.8, 4) is 5.69 Å². The van der Waals surface area contributed by atoms with Crippen LogP contribution in [0.5, 0.6) is 0 Å². The summed E-state index contributed by atoms with van der Waals surface area (Å²) in [5.41, 5.74) is 1.70. The first-order valence-electron chi connectivity index (χ1n) is 12.0. The molecule has 1 aliphatic heterocycles. The maximum atomic E-state index is 13.7. The molecule has 0 bridgehead atoms. The molecule has 1 N–H and O–H groups in total. The number of β-amino-alcohol motifs (C(OH)–C–C–N with tert-alkyl or cyclic N) is 1. The monoisotopic (exact) mass is 552 g/mol. The summed E-state index contributed by atoms with van der Waals surface area (Å²) < 4.78 is 33.9. The van der Waals surface area contributed by atoms with Crippen LogP contribution in [0.25, 0.3) is 16.6 Å². The smallest absolute Gasteiger partial charge is 0.355 e. The number of rotatable bonds is 6. The van der Waals surface area contributed by atoms with Crippen LogP contribution in [-0.2, 0) is 21.2 Å². The van der Waals surface area contributed by atoms with Crippen molar-refractivity contribution < 1.29 is 23.1 Å². The minimum absolute atomic E-state index is 0.0622. The Bertz CT molecular complexity index is 1690. The molecule has 0 amide bonds. The number of carbonyl (C=O) groups is 1. The number of carbonyl (C=O) groups excluding carboxylic acids is 1. The van der Waals surface area contributed by atoms with Crippen molar-refractivity contribution in [2.45, 2.75) is 23.8 Å². The number of aliphatic hydroxyl groups is 1. The summed E-state index contributed by atoms with van der Waals surface area (Å²) >= 11 is 6.27. The Morgan fingerprint density at radius 1 is 1.08 bits per heavy atom. The number of hydrogen-bond acceptors (Lipinski definition) is 6. The van der Waals surface area contributed by atoms with Gasteiger partial charge in [0.15, 0.2) is 5.43 Å². The van der Waals surface area contributed by atoms with Crippen molar-refractivity contribution in [1.82, 2.24) is 8.87 Å². The number of nitrogens with zero attached hydrogens (tertiary/aromatic N) is 2. The maximum Gasteiger partial charge on any atom is 0.355 e. The van der Waals surface area contributed by atoms with Gasteiger partial charge in [-0.15, -0.1) is 0 Å². The van der Waals surface area contributed by atoms with E-state index in [9.17, 15) is 23.1 Å². The van der Waals surface area contributed by atoms with Gasteiger partial charge in [0.25, 0.3) is 0 Å². The van der Waals surface area contributed by atoms with E-state index in [1.807, 2.05) is 30.3 Å².